The molecular formula is C98H101Br3Cl3N11O8S4. The van der Waals surface area contributed by atoms with Crippen LogP contribution in [0, 0.1) is 20.8 Å². The average molecular weight is 2040 g/mol. The van der Waals surface area contributed by atoms with E-state index in [0.29, 0.717) is 73.7 Å². The lowest BCUT2D eigenvalue weighted by atomic mass is 9.90. The zero-order valence-corrected chi connectivity index (χ0v) is 81.5. The number of piperidine rings is 1. The third-order valence-corrected chi connectivity index (χ3v) is 33.6. The molecule has 12 aromatic rings. The highest BCUT2D eigenvalue weighted by atomic mass is 79.9. The van der Waals surface area contributed by atoms with Gasteiger partial charge in [0, 0.05) is 203 Å². The van der Waals surface area contributed by atoms with Gasteiger partial charge in [-0.3, -0.25) is 33.8 Å². The summed E-state index contributed by atoms with van der Waals surface area (Å²) in [6.45, 7) is 16.7. The Kier molecular flexibility index (Phi) is 29.1. The first kappa shape index (κ1) is 92.4. The highest BCUT2D eigenvalue weighted by molar-refractivity contribution is 9.11. The van der Waals surface area contributed by atoms with Crippen LogP contribution in [0.3, 0.4) is 0 Å². The summed E-state index contributed by atoms with van der Waals surface area (Å²) in [5, 5.41) is 7.78. The SMILES string of the molecule is Cc1ccc(S[C@@]2(C(=O)N3CCC(S(C)(=O)=O)CC3)CC(=O)N(Cc3ccc(Br)cc3)[C@H]2c2c[nH]c3cc(Cl)ccc23)cc1.Cc1ccc(S[C@@]2(C(=O)N3CCN(C)CC3)CC(=O)N(Cc3ccc(Br)cc3)[C@H]2c2c[nH]c3cc(Cl)ccc23)cc1.Cc1ccc(S[C@@]2(C(=O)NCCN3CCOCC3)CCN(Cc3ccc(Br)cc3)[C@H]2c2c[nH]c3cc(Cl)ccc23)cc1. The molecule has 5 amide bonds. The monoisotopic (exact) mass is 2030 g/mol. The first-order valence-electron chi connectivity index (χ1n) is 42.8. The number of halogens is 6. The van der Waals surface area contributed by atoms with Crippen LogP contribution in [-0.2, 0) is 58.2 Å². The van der Waals surface area contributed by atoms with Crippen LogP contribution in [0.15, 0.2) is 247 Å². The standard InChI is InChI=1S/C33H36BrClN4O2S.C33H33BrClN3O4S2.C32H32BrClN4O2S/c1-23-2-9-27(10-3-23)42-33(32(40)36-13-15-38-16-18-41-19-17-38)12-14-39(22-24-4-6-25(34)7-5-24)31(33)29-21-37-30-20-26(35)8-11-28(29)30;1-21-3-10-25(11-4-21)43-33(32(40)37-15-13-26(14-16-37)44(2,41)42)18-30(39)38(20-22-5-7-23(34)8-6-22)31(33)28-19-36-29-17-24(35)9-12-27(28)29;1-21-3-10-25(11-4-21)41-32(31(40)37-15-13-36(2)14-16-37)18-29(39)38(20-22-5-7-23(33)8-6-22)30(32)27-19-35-28-17-24(34)9-12-26(27)28/h2-11,20-21,31,37H,12-19,22H2,1H3,(H,36,40);3-12,17,19,26,31,36H,13-16,18,20H2,1-2H3;3-12,17,19,30,35H,13-16,18,20H2,1-2H3/t2*31-,33-;30-,32-/m000/s1. The van der Waals surface area contributed by atoms with Crippen molar-refractivity contribution in [3.05, 3.63) is 297 Å². The second kappa shape index (κ2) is 40.0. The molecule has 662 valence electrons. The first-order valence-corrected chi connectivity index (χ1v) is 50.7. The van der Waals surface area contributed by atoms with Crippen LogP contribution in [0.25, 0.3) is 32.7 Å². The summed E-state index contributed by atoms with van der Waals surface area (Å²) in [4.78, 5) is 100. The van der Waals surface area contributed by atoms with Crippen LogP contribution < -0.4 is 5.32 Å². The number of amides is 5. The number of thioether (sulfide) groups is 3. The summed E-state index contributed by atoms with van der Waals surface area (Å²) >= 11 is 34.3. The number of nitrogens with one attached hydrogen (secondary N) is 4. The quantitative estimate of drug-likeness (QED) is 0.0497. The molecule has 29 heteroatoms. The van der Waals surface area contributed by atoms with Crippen LogP contribution in [-0.4, -0.2) is 205 Å². The first-order chi connectivity index (χ1) is 61.1. The van der Waals surface area contributed by atoms with Gasteiger partial charge in [0.05, 0.1) is 49.4 Å². The van der Waals surface area contributed by atoms with Crippen LogP contribution in [0.2, 0.25) is 15.1 Å². The van der Waals surface area contributed by atoms with Crippen molar-refractivity contribution >= 4 is 190 Å². The van der Waals surface area contributed by atoms with Gasteiger partial charge in [0.2, 0.25) is 29.5 Å². The predicted molar refractivity (Wildman–Crippen MR) is 524 cm³/mol. The number of H-pyrrole nitrogens is 3. The lowest BCUT2D eigenvalue weighted by molar-refractivity contribution is -0.136. The van der Waals surface area contributed by atoms with Crippen LogP contribution in [0.5, 0.6) is 0 Å². The van der Waals surface area contributed by atoms with Gasteiger partial charge in [0.1, 0.15) is 24.1 Å². The Bertz CT molecular complexity index is 6100. The highest BCUT2D eigenvalue weighted by Crippen LogP contribution is 2.59. The normalized spacial score (nSPS) is 21.6. The molecule has 0 radical (unpaired) electrons. The summed E-state index contributed by atoms with van der Waals surface area (Å²) in [6.07, 6.45) is 8.82. The highest BCUT2D eigenvalue weighted by Gasteiger charge is 2.62. The Morgan fingerprint density at radius 1 is 0.472 bits per heavy atom. The topological polar surface area (TPSA) is 211 Å². The zero-order valence-electron chi connectivity index (χ0n) is 71.2. The molecular weight excluding hydrogens is 1930 g/mol. The number of fused-ring (bicyclic) bond motifs is 3. The molecule has 9 heterocycles. The summed E-state index contributed by atoms with van der Waals surface area (Å²) in [5.41, 5.74) is 12.2. The maximum absolute atomic E-state index is 15.0. The molecule has 0 spiro atoms. The Morgan fingerprint density at radius 2 is 0.843 bits per heavy atom. The van der Waals surface area contributed by atoms with E-state index in [2.05, 4.69) is 189 Å². The fraction of sp³-hybridized carbons (Fsp3) is 0.337. The molecule has 6 fully saturated rings. The smallest absolute Gasteiger partial charge is 0.242 e. The number of hydrogen-bond acceptors (Lipinski definition) is 14. The van der Waals surface area contributed by atoms with Crippen LogP contribution in [0.1, 0.15) is 100 Å². The molecule has 4 N–H and O–H groups in total. The number of aryl methyl sites for hydroxylation is 3. The minimum Gasteiger partial charge on any atom is -0.379 e. The molecule has 0 aliphatic carbocycles. The van der Waals surface area contributed by atoms with Gasteiger partial charge >= 0.3 is 0 Å². The van der Waals surface area contributed by atoms with Gasteiger partial charge in [0.25, 0.3) is 0 Å². The van der Waals surface area contributed by atoms with E-state index in [1.165, 1.54) is 40.9 Å². The van der Waals surface area contributed by atoms with Crippen molar-refractivity contribution in [3.63, 3.8) is 0 Å². The molecule has 0 saturated carbocycles. The molecule has 3 aromatic heterocycles. The lowest BCUT2D eigenvalue weighted by Crippen LogP contribution is -2.55. The summed E-state index contributed by atoms with van der Waals surface area (Å²) in [7, 11) is -1.13. The molecule has 19 nitrogen and oxygen atoms in total. The number of carbonyl (C=O) groups excluding carboxylic acids is 5. The Labute approximate surface area is 795 Å². The van der Waals surface area contributed by atoms with Gasteiger partial charge in [-0.05, 0) is 179 Å². The number of benzene rings is 9. The largest absolute Gasteiger partial charge is 0.379 e. The Balaban J connectivity index is 0.000000140. The van der Waals surface area contributed by atoms with Crippen LogP contribution in [0.4, 0.5) is 0 Å². The number of nitrogens with zero attached hydrogens (tertiary/aromatic N) is 7. The number of likely N-dealkylation sites (N-methyl/N-ethyl adjacent to an activating group) is 1. The van der Waals surface area contributed by atoms with Crippen molar-refractivity contribution < 1.29 is 37.1 Å². The predicted octanol–water partition coefficient (Wildman–Crippen LogP) is 20.4. The molecule has 6 atom stereocenters. The number of aromatic nitrogens is 3. The molecule has 6 aliphatic rings. The van der Waals surface area contributed by atoms with E-state index in [0.717, 1.165) is 165 Å². The van der Waals surface area contributed by atoms with E-state index in [1.807, 2.05) is 155 Å². The number of ether oxygens (including phenoxy) is 1. The van der Waals surface area contributed by atoms with Gasteiger partial charge in [-0.2, -0.15) is 0 Å². The van der Waals surface area contributed by atoms with E-state index in [1.54, 1.807) is 16.7 Å². The number of sulfone groups is 1. The fourth-order valence-electron chi connectivity index (χ4n) is 18.6. The molecule has 6 saturated heterocycles. The number of likely N-dealkylation sites (tertiary alicyclic amines) is 4. The van der Waals surface area contributed by atoms with E-state index < -0.39 is 41.4 Å². The van der Waals surface area contributed by atoms with Crippen molar-refractivity contribution in [2.75, 3.05) is 98.5 Å². The van der Waals surface area contributed by atoms with Gasteiger partial charge in [0.15, 0.2) is 0 Å². The maximum atomic E-state index is 15.0. The number of morpholine rings is 1. The molecule has 127 heavy (non-hydrogen) atoms. The van der Waals surface area contributed by atoms with Crippen molar-refractivity contribution in [3.8, 4) is 0 Å². The van der Waals surface area contributed by atoms with E-state index in [-0.39, 0.29) is 48.4 Å². The van der Waals surface area contributed by atoms with Gasteiger partial charge in [-0.15, -0.1) is 35.3 Å². The summed E-state index contributed by atoms with van der Waals surface area (Å²) in [5.74, 6) is -0.164. The molecule has 0 bridgehead atoms. The minimum absolute atomic E-state index is 0.0117. The summed E-state index contributed by atoms with van der Waals surface area (Å²) < 4.78 is 30.1. The Hall–Kier alpha value is -7.90. The molecule has 18 rings (SSSR count). The van der Waals surface area contributed by atoms with E-state index >= 15 is 0 Å². The second-order valence-corrected chi connectivity index (χ2v) is 44.6. The number of hydrogen-bond donors (Lipinski definition) is 4. The Morgan fingerprint density at radius 3 is 1.24 bits per heavy atom. The molecule has 0 unspecified atom stereocenters. The van der Waals surface area contributed by atoms with Crippen molar-refractivity contribution in [2.45, 2.75) is 125 Å². The minimum atomic E-state index is -3.22. The second-order valence-electron chi connectivity index (χ2n) is 34.0. The van der Waals surface area contributed by atoms with Crippen LogP contribution >= 0.6 is 118 Å². The van der Waals surface area contributed by atoms with Crippen molar-refractivity contribution in [1.82, 2.24) is 54.6 Å². The number of aromatic amines is 3. The van der Waals surface area contributed by atoms with Gasteiger partial charge in [-0.1, -0.05) is 190 Å². The van der Waals surface area contributed by atoms with Crippen molar-refractivity contribution in [1.29, 1.82) is 0 Å². The van der Waals surface area contributed by atoms with E-state index in [4.69, 9.17) is 39.5 Å². The summed E-state index contributed by atoms with van der Waals surface area (Å²) in [6, 6.07) is 65.3. The molecule has 9 aromatic carbocycles. The third-order valence-electron chi connectivity index (χ3n) is 25.3. The number of rotatable bonds is 22. The molecule has 6 aliphatic heterocycles. The maximum Gasteiger partial charge on any atom is 0.242 e. The number of piperazine rings is 1. The number of carbonyl (C=O) groups is 5. The van der Waals surface area contributed by atoms with Gasteiger partial charge < -0.3 is 49.5 Å². The zero-order chi connectivity index (χ0) is 89.1. The average Bonchev–Trinajstić information content (AvgIpc) is 1.58. The fourth-order valence-corrected chi connectivity index (χ4v) is 25.3. The lowest BCUT2D eigenvalue weighted by Gasteiger charge is -2.42. The van der Waals surface area contributed by atoms with Crippen molar-refractivity contribution in [2.24, 2.45) is 0 Å². The third kappa shape index (κ3) is 20.7. The van der Waals surface area contributed by atoms with Gasteiger partial charge in [-0.25, -0.2) is 8.42 Å². The van der Waals surface area contributed by atoms with E-state index in [9.17, 15) is 32.4 Å².